The molecule has 0 unspecified atom stereocenters. The molecule has 3 rings (SSSR count). The Kier molecular flexibility index (Phi) is 1.74. The Balaban J connectivity index is 2.14. The highest BCUT2D eigenvalue weighted by Gasteiger charge is 2.37. The van der Waals surface area contributed by atoms with Gasteiger partial charge in [-0.1, -0.05) is 12.1 Å². The van der Waals surface area contributed by atoms with Crippen LogP contribution in [-0.4, -0.2) is 28.2 Å². The lowest BCUT2D eigenvalue weighted by Crippen LogP contribution is -2.57. The summed E-state index contributed by atoms with van der Waals surface area (Å²) in [7, 11) is 0. The molecular weight excluding hydrogens is 190 g/mol. The van der Waals surface area contributed by atoms with Crippen molar-refractivity contribution in [3.63, 3.8) is 0 Å². The molecule has 0 aliphatic carbocycles. The third-order valence-corrected chi connectivity index (χ3v) is 2.76. The maximum absolute atomic E-state index is 10.1. The number of fused-ring (bicyclic) bond motifs is 1. The van der Waals surface area contributed by atoms with E-state index in [2.05, 4.69) is 15.3 Å². The summed E-state index contributed by atoms with van der Waals surface area (Å²) in [4.78, 5) is 8.70. The standard InChI is InChI=1S/C11H11N3O/c15-11(6-12-7-11)10-5-13-8-3-1-2-4-9(8)14-10/h1-5,12,15H,6-7H2. The summed E-state index contributed by atoms with van der Waals surface area (Å²) in [5.74, 6) is 0. The van der Waals surface area contributed by atoms with Gasteiger partial charge in [0.05, 0.1) is 22.9 Å². The van der Waals surface area contributed by atoms with Crippen LogP contribution in [0.15, 0.2) is 30.5 Å². The van der Waals surface area contributed by atoms with Gasteiger partial charge in [-0.05, 0) is 12.1 Å². The van der Waals surface area contributed by atoms with Crippen LogP contribution in [0, 0.1) is 0 Å². The summed E-state index contributed by atoms with van der Waals surface area (Å²) in [5.41, 5.74) is 1.52. The van der Waals surface area contributed by atoms with Crippen LogP contribution in [0.25, 0.3) is 11.0 Å². The van der Waals surface area contributed by atoms with Crippen LogP contribution in [0.2, 0.25) is 0 Å². The van der Waals surface area contributed by atoms with Gasteiger partial charge in [-0.2, -0.15) is 0 Å². The van der Waals surface area contributed by atoms with E-state index >= 15 is 0 Å². The Morgan fingerprint density at radius 1 is 1.20 bits per heavy atom. The molecule has 4 nitrogen and oxygen atoms in total. The van der Waals surface area contributed by atoms with Crippen LogP contribution < -0.4 is 5.32 Å². The second kappa shape index (κ2) is 2.98. The van der Waals surface area contributed by atoms with E-state index in [0.717, 1.165) is 11.0 Å². The van der Waals surface area contributed by atoms with Gasteiger partial charge < -0.3 is 10.4 Å². The number of hydrogen-bond acceptors (Lipinski definition) is 4. The zero-order valence-corrected chi connectivity index (χ0v) is 8.14. The molecule has 1 aliphatic heterocycles. The summed E-state index contributed by atoms with van der Waals surface area (Å²) >= 11 is 0. The molecule has 2 aromatic rings. The van der Waals surface area contributed by atoms with Gasteiger partial charge in [0.25, 0.3) is 0 Å². The van der Waals surface area contributed by atoms with Crippen molar-refractivity contribution >= 4 is 11.0 Å². The quantitative estimate of drug-likeness (QED) is 0.702. The maximum Gasteiger partial charge on any atom is 0.133 e. The SMILES string of the molecule is OC1(c2cnc3ccccc3n2)CNC1. The molecule has 0 atom stereocenters. The lowest BCUT2D eigenvalue weighted by Gasteiger charge is -2.36. The van der Waals surface area contributed by atoms with E-state index in [1.807, 2.05) is 24.3 Å². The molecule has 0 radical (unpaired) electrons. The molecule has 1 fully saturated rings. The fraction of sp³-hybridized carbons (Fsp3) is 0.273. The van der Waals surface area contributed by atoms with Crippen molar-refractivity contribution in [1.29, 1.82) is 0 Å². The van der Waals surface area contributed by atoms with Gasteiger partial charge in [-0.25, -0.2) is 4.98 Å². The van der Waals surface area contributed by atoms with Gasteiger partial charge >= 0.3 is 0 Å². The van der Waals surface area contributed by atoms with Crippen LogP contribution >= 0.6 is 0 Å². The average molecular weight is 201 g/mol. The number of aromatic nitrogens is 2. The summed E-state index contributed by atoms with van der Waals surface area (Å²) in [6, 6.07) is 7.66. The highest BCUT2D eigenvalue weighted by molar-refractivity contribution is 5.73. The molecule has 1 aromatic heterocycles. The Hall–Kier alpha value is -1.52. The third-order valence-electron chi connectivity index (χ3n) is 2.76. The molecule has 2 heterocycles. The summed E-state index contributed by atoms with van der Waals surface area (Å²) in [6.45, 7) is 1.11. The van der Waals surface area contributed by atoms with E-state index in [0.29, 0.717) is 18.8 Å². The Labute approximate surface area is 87.0 Å². The number of benzene rings is 1. The van der Waals surface area contributed by atoms with Gasteiger partial charge in [0.2, 0.25) is 0 Å². The predicted molar refractivity (Wildman–Crippen MR) is 56.3 cm³/mol. The van der Waals surface area contributed by atoms with Crippen molar-refractivity contribution in [1.82, 2.24) is 15.3 Å². The summed E-state index contributed by atoms with van der Waals surface area (Å²) < 4.78 is 0. The Morgan fingerprint density at radius 3 is 2.60 bits per heavy atom. The highest BCUT2D eigenvalue weighted by Crippen LogP contribution is 2.23. The zero-order chi connectivity index (χ0) is 10.3. The molecule has 0 amide bonds. The van der Waals surface area contributed by atoms with Gasteiger partial charge in [0, 0.05) is 13.1 Å². The molecule has 4 heteroatoms. The third kappa shape index (κ3) is 1.30. The first kappa shape index (κ1) is 8.76. The summed E-state index contributed by atoms with van der Waals surface area (Å²) in [5, 5.41) is 13.1. The van der Waals surface area contributed by atoms with Crippen molar-refractivity contribution in [2.24, 2.45) is 0 Å². The van der Waals surface area contributed by atoms with E-state index in [9.17, 15) is 5.11 Å². The molecule has 1 aliphatic rings. The molecule has 1 aromatic carbocycles. The number of aliphatic hydroxyl groups is 1. The molecule has 0 bridgehead atoms. The van der Waals surface area contributed by atoms with Crippen LogP contribution in [0.4, 0.5) is 0 Å². The van der Waals surface area contributed by atoms with E-state index in [1.165, 1.54) is 0 Å². The van der Waals surface area contributed by atoms with Crippen LogP contribution in [0.5, 0.6) is 0 Å². The largest absolute Gasteiger partial charge is 0.381 e. The molecule has 0 spiro atoms. The monoisotopic (exact) mass is 201 g/mol. The zero-order valence-electron chi connectivity index (χ0n) is 8.14. The minimum atomic E-state index is -0.822. The molecule has 76 valence electrons. The normalized spacial score (nSPS) is 18.7. The average Bonchev–Trinajstić information content (AvgIpc) is 2.25. The lowest BCUT2D eigenvalue weighted by molar-refractivity contribution is -0.0186. The van der Waals surface area contributed by atoms with Gasteiger partial charge in [0.15, 0.2) is 0 Å². The minimum Gasteiger partial charge on any atom is -0.381 e. The highest BCUT2D eigenvalue weighted by atomic mass is 16.3. The predicted octanol–water partition coefficient (Wildman–Crippen LogP) is 0.421. The van der Waals surface area contributed by atoms with Gasteiger partial charge in [-0.3, -0.25) is 4.98 Å². The number of hydrogen-bond donors (Lipinski definition) is 2. The number of β-amino-alcohol motifs (C(OH)–C–C–N with tert-alkyl or cyclic N) is 1. The molecular formula is C11H11N3O. The van der Waals surface area contributed by atoms with E-state index in [-0.39, 0.29) is 0 Å². The Morgan fingerprint density at radius 2 is 1.93 bits per heavy atom. The van der Waals surface area contributed by atoms with Gasteiger partial charge in [0.1, 0.15) is 5.60 Å². The first-order valence-corrected chi connectivity index (χ1v) is 4.93. The van der Waals surface area contributed by atoms with Crippen molar-refractivity contribution in [2.75, 3.05) is 13.1 Å². The van der Waals surface area contributed by atoms with Crippen molar-refractivity contribution in [3.8, 4) is 0 Å². The van der Waals surface area contributed by atoms with Crippen molar-refractivity contribution in [3.05, 3.63) is 36.2 Å². The van der Waals surface area contributed by atoms with Crippen molar-refractivity contribution in [2.45, 2.75) is 5.60 Å². The number of para-hydroxylation sites is 2. The Bertz CT molecular complexity index is 508. The van der Waals surface area contributed by atoms with Crippen LogP contribution in [0.3, 0.4) is 0 Å². The molecule has 2 N–H and O–H groups in total. The maximum atomic E-state index is 10.1. The van der Waals surface area contributed by atoms with E-state index in [4.69, 9.17) is 0 Å². The number of nitrogens with zero attached hydrogens (tertiary/aromatic N) is 2. The second-order valence-corrected chi connectivity index (χ2v) is 3.88. The second-order valence-electron chi connectivity index (χ2n) is 3.88. The number of rotatable bonds is 1. The van der Waals surface area contributed by atoms with E-state index < -0.39 is 5.60 Å². The summed E-state index contributed by atoms with van der Waals surface area (Å²) in [6.07, 6.45) is 1.66. The van der Waals surface area contributed by atoms with Crippen LogP contribution in [-0.2, 0) is 5.60 Å². The lowest BCUT2D eigenvalue weighted by atomic mass is 9.93. The fourth-order valence-electron chi connectivity index (χ4n) is 1.72. The van der Waals surface area contributed by atoms with Gasteiger partial charge in [-0.15, -0.1) is 0 Å². The minimum absolute atomic E-state index is 0.556. The molecule has 1 saturated heterocycles. The van der Waals surface area contributed by atoms with E-state index in [1.54, 1.807) is 6.20 Å². The topological polar surface area (TPSA) is 58.0 Å². The molecule has 15 heavy (non-hydrogen) atoms. The first-order chi connectivity index (χ1) is 7.28. The number of nitrogens with one attached hydrogen (secondary N) is 1. The van der Waals surface area contributed by atoms with Crippen molar-refractivity contribution < 1.29 is 5.11 Å². The smallest absolute Gasteiger partial charge is 0.133 e. The fourth-order valence-corrected chi connectivity index (χ4v) is 1.72. The first-order valence-electron chi connectivity index (χ1n) is 4.93. The molecule has 0 saturated carbocycles. The van der Waals surface area contributed by atoms with Crippen LogP contribution in [0.1, 0.15) is 5.69 Å².